The van der Waals surface area contributed by atoms with Crippen molar-refractivity contribution in [3.8, 4) is 5.75 Å². The van der Waals surface area contributed by atoms with E-state index >= 15 is 0 Å². The van der Waals surface area contributed by atoms with Gasteiger partial charge in [0, 0.05) is 14.1 Å². The molecule has 8 heteroatoms. The normalized spacial score (nSPS) is 19.7. The molecule has 4 rings (SSSR count). The highest BCUT2D eigenvalue weighted by Gasteiger charge is 2.45. The van der Waals surface area contributed by atoms with Crippen LogP contribution in [-0.4, -0.2) is 43.7 Å². The van der Waals surface area contributed by atoms with Gasteiger partial charge in [-0.05, 0) is 35.4 Å². The molecule has 7 nitrogen and oxygen atoms in total. The van der Waals surface area contributed by atoms with Crippen molar-refractivity contribution in [1.82, 2.24) is 9.37 Å². The maximum absolute atomic E-state index is 13.3. The van der Waals surface area contributed by atoms with Gasteiger partial charge in [0.05, 0.1) is 25.5 Å². The summed E-state index contributed by atoms with van der Waals surface area (Å²) in [4.78, 5) is 5.64. The first-order valence-corrected chi connectivity index (χ1v) is 11.6. The smallest absolute Gasteiger partial charge is 0.221 e. The predicted octanol–water partition coefficient (Wildman–Crippen LogP) is 3.61. The van der Waals surface area contributed by atoms with Crippen molar-refractivity contribution < 1.29 is 22.4 Å². The van der Waals surface area contributed by atoms with Crippen molar-refractivity contribution in [2.24, 2.45) is 0 Å². The molecule has 1 fully saturated rings. The first kappa shape index (κ1) is 21.6. The third-order valence-corrected chi connectivity index (χ3v) is 7.57. The lowest BCUT2D eigenvalue weighted by Crippen LogP contribution is -2.40. The van der Waals surface area contributed by atoms with E-state index in [1.54, 1.807) is 31.3 Å². The average molecular weight is 443 g/mol. The fourth-order valence-corrected chi connectivity index (χ4v) is 5.40. The van der Waals surface area contributed by atoms with Crippen molar-refractivity contribution >= 4 is 10.0 Å². The van der Waals surface area contributed by atoms with Crippen LogP contribution in [-0.2, 0) is 28.0 Å². The van der Waals surface area contributed by atoms with Crippen molar-refractivity contribution in [2.45, 2.75) is 24.4 Å². The first-order chi connectivity index (χ1) is 14.9. The Labute approximate surface area is 182 Å². The highest BCUT2D eigenvalue weighted by molar-refractivity contribution is 7.89. The summed E-state index contributed by atoms with van der Waals surface area (Å²) in [6.45, 7) is 0.693. The highest BCUT2D eigenvalue weighted by atomic mass is 32.2. The lowest BCUT2D eigenvalue weighted by Gasteiger charge is -2.26. The van der Waals surface area contributed by atoms with E-state index in [4.69, 9.17) is 14.0 Å². The van der Waals surface area contributed by atoms with Crippen LogP contribution in [0.25, 0.3) is 0 Å². The summed E-state index contributed by atoms with van der Waals surface area (Å²) in [6, 6.07) is 20.5. The molecule has 0 unspecified atom stereocenters. The first-order valence-electron chi connectivity index (χ1n) is 10.0. The lowest BCUT2D eigenvalue weighted by atomic mass is 10.0. The number of rotatable bonds is 8. The fraction of sp³-hybridized carbons (Fsp3) is 0.304. The molecule has 0 radical (unpaired) electrons. The zero-order valence-corrected chi connectivity index (χ0v) is 18.4. The molecule has 0 N–H and O–H groups in total. The van der Waals surface area contributed by atoms with Gasteiger partial charge < -0.3 is 9.15 Å². The second-order valence-electron chi connectivity index (χ2n) is 7.55. The molecule has 1 saturated heterocycles. The fourth-order valence-electron chi connectivity index (χ4n) is 3.74. The summed E-state index contributed by atoms with van der Waals surface area (Å²) < 4.78 is 39.2. The Balaban J connectivity index is 1.53. The topological polar surface area (TPSA) is 72.2 Å². The maximum atomic E-state index is 13.3. The molecule has 0 aliphatic carbocycles. The van der Waals surface area contributed by atoms with Crippen LogP contribution >= 0.6 is 0 Å². The zero-order valence-electron chi connectivity index (χ0n) is 17.5. The van der Waals surface area contributed by atoms with Crippen LogP contribution in [0.15, 0.2) is 77.4 Å². The molecule has 164 valence electrons. The van der Waals surface area contributed by atoms with Crippen LogP contribution in [0.2, 0.25) is 0 Å². The molecular weight excluding hydrogens is 416 g/mol. The maximum Gasteiger partial charge on any atom is 0.221 e. The Morgan fingerprint density at radius 3 is 2.65 bits per heavy atom. The lowest BCUT2D eigenvalue weighted by molar-refractivity contribution is -0.110. The Kier molecular flexibility index (Phi) is 6.43. The van der Waals surface area contributed by atoms with Gasteiger partial charge in [-0.25, -0.2) is 8.42 Å². The number of benzene rings is 2. The van der Waals surface area contributed by atoms with Crippen LogP contribution < -0.4 is 4.74 Å². The van der Waals surface area contributed by atoms with Crippen molar-refractivity contribution in [3.63, 3.8) is 0 Å². The Morgan fingerprint density at radius 2 is 1.90 bits per heavy atom. The van der Waals surface area contributed by atoms with E-state index in [0.29, 0.717) is 18.1 Å². The van der Waals surface area contributed by atoms with Crippen LogP contribution in [0.5, 0.6) is 5.75 Å². The molecule has 0 spiro atoms. The van der Waals surface area contributed by atoms with Gasteiger partial charge in [0.1, 0.15) is 23.4 Å². The van der Waals surface area contributed by atoms with E-state index in [-0.39, 0.29) is 13.2 Å². The summed E-state index contributed by atoms with van der Waals surface area (Å²) >= 11 is 0. The number of furan rings is 1. The Morgan fingerprint density at radius 1 is 1.10 bits per heavy atom. The van der Waals surface area contributed by atoms with E-state index < -0.39 is 21.3 Å². The summed E-state index contributed by atoms with van der Waals surface area (Å²) in [5.41, 5.74) is 1.89. The van der Waals surface area contributed by atoms with Crippen LogP contribution in [0.4, 0.5) is 0 Å². The number of hydrogen-bond acceptors (Lipinski definition) is 6. The van der Waals surface area contributed by atoms with E-state index in [1.807, 2.05) is 54.6 Å². The third-order valence-electron chi connectivity index (χ3n) is 5.41. The van der Waals surface area contributed by atoms with Gasteiger partial charge in [-0.3, -0.25) is 4.84 Å². The third kappa shape index (κ3) is 4.83. The van der Waals surface area contributed by atoms with Gasteiger partial charge in [0.15, 0.2) is 0 Å². The molecular formula is C23H26N2O5S. The molecule has 2 atom stereocenters. The molecule has 3 aromatic rings. The Hall–Kier alpha value is -2.65. The van der Waals surface area contributed by atoms with Gasteiger partial charge in [-0.2, -0.15) is 9.37 Å². The molecule has 0 saturated carbocycles. The van der Waals surface area contributed by atoms with E-state index in [1.165, 1.54) is 10.6 Å². The van der Waals surface area contributed by atoms with Gasteiger partial charge in [-0.15, -0.1) is 0 Å². The minimum absolute atomic E-state index is 0.0844. The van der Waals surface area contributed by atoms with Gasteiger partial charge in [0.25, 0.3) is 0 Å². The van der Waals surface area contributed by atoms with Crippen molar-refractivity contribution in [2.75, 3.05) is 20.7 Å². The number of ether oxygens (including phenoxy) is 1. The molecule has 2 aromatic carbocycles. The quantitative estimate of drug-likeness (QED) is 0.531. The molecule has 0 amide bonds. The summed E-state index contributed by atoms with van der Waals surface area (Å²) in [5, 5.41) is 0.862. The van der Waals surface area contributed by atoms with E-state index in [9.17, 15) is 8.42 Å². The van der Waals surface area contributed by atoms with Crippen LogP contribution in [0.1, 0.15) is 22.9 Å². The largest absolute Gasteiger partial charge is 0.489 e. The molecule has 0 bridgehead atoms. The van der Waals surface area contributed by atoms with Gasteiger partial charge in [0.2, 0.25) is 10.0 Å². The average Bonchev–Trinajstić information content (AvgIpc) is 3.43. The minimum atomic E-state index is -3.65. The standard InChI is InChI=1S/C23H26N2O5S/c1-24(15-21-12-7-13-28-21)31(26,27)22-17-30-25(2)23(22)19-10-6-11-20(14-19)29-16-18-8-4-3-5-9-18/h3-14,22-23H,15-17H2,1-2H3/t22-,23-/m0/s1. The van der Waals surface area contributed by atoms with Gasteiger partial charge in [-0.1, -0.05) is 42.5 Å². The molecule has 1 aliphatic rings. The van der Waals surface area contributed by atoms with Crippen LogP contribution in [0.3, 0.4) is 0 Å². The van der Waals surface area contributed by atoms with Crippen molar-refractivity contribution in [3.05, 3.63) is 89.9 Å². The molecule has 1 aromatic heterocycles. The number of hydroxylamine groups is 2. The van der Waals surface area contributed by atoms with Crippen molar-refractivity contribution in [1.29, 1.82) is 0 Å². The number of sulfonamides is 1. The monoisotopic (exact) mass is 442 g/mol. The number of nitrogens with zero attached hydrogens (tertiary/aromatic N) is 2. The second-order valence-corrected chi connectivity index (χ2v) is 9.81. The van der Waals surface area contributed by atoms with E-state index in [2.05, 4.69) is 0 Å². The van der Waals surface area contributed by atoms with Gasteiger partial charge >= 0.3 is 0 Å². The van der Waals surface area contributed by atoms with Crippen LogP contribution in [0, 0.1) is 0 Å². The summed E-state index contributed by atoms with van der Waals surface area (Å²) in [5.74, 6) is 1.27. The van der Waals surface area contributed by atoms with E-state index in [0.717, 1.165) is 11.1 Å². The predicted molar refractivity (Wildman–Crippen MR) is 117 cm³/mol. The second kappa shape index (κ2) is 9.23. The molecule has 31 heavy (non-hydrogen) atoms. The summed E-state index contributed by atoms with van der Waals surface area (Å²) in [7, 11) is -0.331. The zero-order chi connectivity index (χ0) is 21.8. The molecule has 1 aliphatic heterocycles. The summed E-state index contributed by atoms with van der Waals surface area (Å²) in [6.07, 6.45) is 1.53. The minimum Gasteiger partial charge on any atom is -0.489 e. The SMILES string of the molecule is CN1OC[C@H](S(=O)(=O)N(C)Cc2ccco2)[C@@H]1c1cccc(OCc2ccccc2)c1. The molecule has 2 heterocycles. The number of hydrogen-bond donors (Lipinski definition) is 0. The highest BCUT2D eigenvalue weighted by Crippen LogP contribution is 2.36. The Bertz CT molecular complexity index is 1090.